The van der Waals surface area contributed by atoms with E-state index in [2.05, 4.69) is 172 Å². The highest BCUT2D eigenvalue weighted by atomic mass is 15.0. The summed E-state index contributed by atoms with van der Waals surface area (Å²) in [4.78, 5) is 10.2. The third-order valence-corrected chi connectivity index (χ3v) is 12.4. The number of hydrogen-bond donors (Lipinski definition) is 0. The van der Waals surface area contributed by atoms with Gasteiger partial charge >= 0.3 is 0 Å². The Hall–Kier alpha value is -6.58. The van der Waals surface area contributed by atoms with Gasteiger partial charge in [0.1, 0.15) is 0 Å². The Labute approximate surface area is 321 Å². The molecule has 2 aromatic heterocycles. The minimum atomic E-state index is -0.172. The largest absolute Gasteiger partial charge is 0.309 e. The smallest absolute Gasteiger partial charge is 0.160 e. The molecule has 7 aromatic carbocycles. The van der Waals surface area contributed by atoms with Gasteiger partial charge in [-0.25, -0.2) is 9.97 Å². The van der Waals surface area contributed by atoms with Crippen LogP contribution >= 0.6 is 0 Å². The normalized spacial score (nSPS) is 14.5. The van der Waals surface area contributed by atoms with Crippen molar-refractivity contribution in [3.05, 3.63) is 186 Å². The van der Waals surface area contributed by atoms with Crippen LogP contribution in [0.3, 0.4) is 0 Å². The van der Waals surface area contributed by atoms with Crippen LogP contribution in [0.4, 0.5) is 0 Å². The molecule has 2 heterocycles. The zero-order valence-electron chi connectivity index (χ0n) is 31.4. The van der Waals surface area contributed by atoms with Crippen molar-refractivity contribution in [1.82, 2.24) is 14.5 Å². The molecule has 11 rings (SSSR count). The Balaban J connectivity index is 1.15. The van der Waals surface area contributed by atoms with Gasteiger partial charge in [0, 0.05) is 44.0 Å². The van der Waals surface area contributed by atoms with E-state index in [9.17, 15) is 0 Å². The minimum Gasteiger partial charge on any atom is -0.309 e. The third-order valence-electron chi connectivity index (χ3n) is 12.4. The molecular weight excluding hydrogens is 667 g/mol. The van der Waals surface area contributed by atoms with Gasteiger partial charge in [0.05, 0.1) is 22.4 Å². The Morgan fingerprint density at radius 3 is 1.65 bits per heavy atom. The number of rotatable bonds is 4. The Kier molecular flexibility index (Phi) is 6.65. The molecule has 0 atom stereocenters. The molecule has 0 aliphatic heterocycles. The van der Waals surface area contributed by atoms with Crippen molar-refractivity contribution in [2.75, 3.05) is 0 Å². The molecule has 2 aliphatic carbocycles. The van der Waals surface area contributed by atoms with Gasteiger partial charge in [0.25, 0.3) is 0 Å². The number of benzene rings is 7. The summed E-state index contributed by atoms with van der Waals surface area (Å²) in [5, 5.41) is 2.58. The van der Waals surface area contributed by atoms with Gasteiger partial charge in [-0.2, -0.15) is 0 Å². The molecule has 0 fully saturated rings. The first kappa shape index (κ1) is 31.9. The fourth-order valence-corrected chi connectivity index (χ4v) is 9.67. The summed E-state index contributed by atoms with van der Waals surface area (Å²) in [6.07, 6.45) is 0. The summed E-state index contributed by atoms with van der Waals surface area (Å²) in [5.74, 6) is 0.721. The molecule has 55 heavy (non-hydrogen) atoms. The first-order valence-electron chi connectivity index (χ1n) is 19.3. The van der Waals surface area contributed by atoms with Crippen LogP contribution in [0.2, 0.25) is 0 Å². The Bertz CT molecular complexity index is 2950. The van der Waals surface area contributed by atoms with Crippen molar-refractivity contribution in [2.45, 2.75) is 38.5 Å². The van der Waals surface area contributed by atoms with Gasteiger partial charge in [-0.05, 0) is 74.8 Å². The molecule has 3 nitrogen and oxygen atoms in total. The summed E-state index contributed by atoms with van der Waals surface area (Å²) in [7, 11) is 0. The lowest BCUT2D eigenvalue weighted by Crippen LogP contribution is -2.16. The summed E-state index contributed by atoms with van der Waals surface area (Å²) in [6, 6.07) is 59.4. The van der Waals surface area contributed by atoms with Crippen molar-refractivity contribution >= 4 is 21.8 Å². The van der Waals surface area contributed by atoms with Gasteiger partial charge in [0.15, 0.2) is 5.82 Å². The molecule has 0 N–H and O–H groups in total. The summed E-state index contributed by atoms with van der Waals surface area (Å²) in [5.41, 5.74) is 19.2. The van der Waals surface area contributed by atoms with Crippen molar-refractivity contribution in [3.8, 4) is 61.8 Å². The molecule has 2 aliphatic rings. The van der Waals surface area contributed by atoms with E-state index in [1.54, 1.807) is 0 Å². The highest BCUT2D eigenvalue weighted by molar-refractivity contribution is 6.15. The van der Waals surface area contributed by atoms with E-state index < -0.39 is 0 Å². The van der Waals surface area contributed by atoms with Gasteiger partial charge < -0.3 is 4.57 Å². The molecule has 0 saturated carbocycles. The molecule has 0 radical (unpaired) electrons. The second-order valence-electron chi connectivity index (χ2n) is 16.2. The zero-order valence-corrected chi connectivity index (χ0v) is 31.4. The topological polar surface area (TPSA) is 30.7 Å². The van der Waals surface area contributed by atoms with Gasteiger partial charge in [-0.15, -0.1) is 0 Å². The first-order valence-corrected chi connectivity index (χ1v) is 19.3. The highest BCUT2D eigenvalue weighted by Gasteiger charge is 2.40. The van der Waals surface area contributed by atoms with E-state index in [1.165, 1.54) is 66.3 Å². The molecule has 9 aromatic rings. The van der Waals surface area contributed by atoms with Crippen molar-refractivity contribution in [3.63, 3.8) is 0 Å². The Morgan fingerprint density at radius 1 is 0.418 bits per heavy atom. The van der Waals surface area contributed by atoms with E-state index in [4.69, 9.17) is 9.97 Å². The van der Waals surface area contributed by atoms with E-state index in [0.717, 1.165) is 39.6 Å². The quantitative estimate of drug-likeness (QED) is 0.182. The number of fused-ring (bicyclic) bond motifs is 10. The van der Waals surface area contributed by atoms with Crippen LogP contribution in [0.25, 0.3) is 83.6 Å². The summed E-state index contributed by atoms with van der Waals surface area (Å²) in [6.45, 7) is 9.53. The number of nitrogens with zero attached hydrogens (tertiary/aromatic N) is 3. The lowest BCUT2D eigenvalue weighted by atomic mass is 9.81. The fourth-order valence-electron chi connectivity index (χ4n) is 9.67. The standard InChI is InChI=1S/C52H39N3/c1-51(2)42-21-13-12-20-37(42)40-29-41-39-28-27-38-36-19-11-14-22-43(36)52(3,4)48(38)49(39)55(47(41)30-44(40)51)35-25-23-33(24-26-35)46-31-45(32-15-7-5-8-16-32)53-50(54-46)34-17-9-6-10-18-34/h5-31H,1-4H3. The molecule has 0 bridgehead atoms. The molecular formula is C52H39N3. The van der Waals surface area contributed by atoms with Gasteiger partial charge in [-0.3, -0.25) is 0 Å². The maximum Gasteiger partial charge on any atom is 0.160 e. The van der Waals surface area contributed by atoms with E-state index in [-0.39, 0.29) is 10.8 Å². The molecule has 0 unspecified atom stereocenters. The monoisotopic (exact) mass is 705 g/mol. The van der Waals surface area contributed by atoms with E-state index in [0.29, 0.717) is 0 Å². The van der Waals surface area contributed by atoms with Crippen molar-refractivity contribution < 1.29 is 0 Å². The van der Waals surface area contributed by atoms with Crippen LogP contribution in [-0.4, -0.2) is 14.5 Å². The predicted octanol–water partition coefficient (Wildman–Crippen LogP) is 13.2. The Morgan fingerprint density at radius 2 is 0.982 bits per heavy atom. The predicted molar refractivity (Wildman–Crippen MR) is 228 cm³/mol. The average molecular weight is 706 g/mol. The lowest BCUT2D eigenvalue weighted by Gasteiger charge is -2.24. The SMILES string of the molecule is CC1(C)c2ccccc2-c2cc3c4ccc5c(c4n(-c4ccc(-c6cc(-c7ccccc7)nc(-c7ccccc7)n6)cc4)c3cc21)C(C)(C)c1ccccc1-5. The summed E-state index contributed by atoms with van der Waals surface area (Å²) >= 11 is 0. The van der Waals surface area contributed by atoms with Crippen LogP contribution < -0.4 is 0 Å². The number of aromatic nitrogens is 3. The molecule has 0 saturated heterocycles. The van der Waals surface area contributed by atoms with E-state index in [1.807, 2.05) is 24.3 Å². The second kappa shape index (κ2) is 11.5. The van der Waals surface area contributed by atoms with Crippen LogP contribution in [0.1, 0.15) is 49.9 Å². The van der Waals surface area contributed by atoms with Crippen molar-refractivity contribution in [1.29, 1.82) is 0 Å². The molecule has 3 heteroatoms. The zero-order chi connectivity index (χ0) is 37.1. The maximum absolute atomic E-state index is 5.14. The second-order valence-corrected chi connectivity index (χ2v) is 16.2. The number of hydrogen-bond acceptors (Lipinski definition) is 2. The lowest BCUT2D eigenvalue weighted by molar-refractivity contribution is 0.660. The highest BCUT2D eigenvalue weighted by Crippen LogP contribution is 2.55. The van der Waals surface area contributed by atoms with Crippen LogP contribution in [0.5, 0.6) is 0 Å². The fraction of sp³-hybridized carbons (Fsp3) is 0.115. The van der Waals surface area contributed by atoms with E-state index >= 15 is 0 Å². The maximum atomic E-state index is 5.14. The summed E-state index contributed by atoms with van der Waals surface area (Å²) < 4.78 is 2.55. The minimum absolute atomic E-state index is 0.108. The molecule has 0 amide bonds. The van der Waals surface area contributed by atoms with Gasteiger partial charge in [-0.1, -0.05) is 161 Å². The van der Waals surface area contributed by atoms with Crippen LogP contribution in [0, 0.1) is 0 Å². The van der Waals surface area contributed by atoms with Crippen LogP contribution in [-0.2, 0) is 10.8 Å². The molecule has 262 valence electrons. The average Bonchev–Trinajstić information content (AvgIpc) is 3.77. The van der Waals surface area contributed by atoms with Crippen molar-refractivity contribution in [2.24, 2.45) is 0 Å². The van der Waals surface area contributed by atoms with Crippen LogP contribution in [0.15, 0.2) is 164 Å². The third kappa shape index (κ3) is 4.56. The first-order chi connectivity index (χ1) is 26.8. The molecule has 0 spiro atoms. The van der Waals surface area contributed by atoms with Gasteiger partial charge in [0.2, 0.25) is 0 Å².